The quantitative estimate of drug-likeness (QED) is 0.741. The summed E-state index contributed by atoms with van der Waals surface area (Å²) in [6, 6.07) is 7.41. The summed E-state index contributed by atoms with van der Waals surface area (Å²) in [7, 11) is -2.94. The Morgan fingerprint density at radius 2 is 2.17 bits per heavy atom. The van der Waals surface area contributed by atoms with Crippen LogP contribution >= 0.6 is 15.9 Å². The number of hydrogen-bond acceptors (Lipinski definition) is 4. The molecule has 102 valence electrons. The minimum Gasteiger partial charge on any atom is -0.387 e. The molecule has 0 aromatic heterocycles. The molecule has 0 saturated heterocycles. The Morgan fingerprint density at radius 3 is 2.78 bits per heavy atom. The first-order valence-electron chi connectivity index (χ1n) is 5.79. The van der Waals surface area contributed by atoms with Crippen molar-refractivity contribution in [2.75, 3.05) is 24.6 Å². The molecular weight excluding hydrogens is 318 g/mol. The van der Waals surface area contributed by atoms with Crippen molar-refractivity contribution in [3.63, 3.8) is 0 Å². The van der Waals surface area contributed by atoms with Crippen LogP contribution in [0.25, 0.3) is 0 Å². The molecule has 0 bridgehead atoms. The van der Waals surface area contributed by atoms with E-state index in [2.05, 4.69) is 21.2 Å². The monoisotopic (exact) mass is 335 g/mol. The van der Waals surface area contributed by atoms with Gasteiger partial charge in [0.2, 0.25) is 0 Å². The van der Waals surface area contributed by atoms with Gasteiger partial charge in [0.05, 0.1) is 11.9 Å². The summed E-state index contributed by atoms with van der Waals surface area (Å²) in [6.07, 6.45) is -0.633. The third kappa shape index (κ3) is 5.48. The molecule has 6 heteroatoms. The van der Waals surface area contributed by atoms with Crippen LogP contribution in [-0.4, -0.2) is 38.1 Å². The fourth-order valence-electron chi connectivity index (χ4n) is 1.44. The first kappa shape index (κ1) is 15.6. The summed E-state index contributed by atoms with van der Waals surface area (Å²) in [4.78, 5) is 0. The van der Waals surface area contributed by atoms with E-state index >= 15 is 0 Å². The lowest BCUT2D eigenvalue weighted by atomic mass is 10.1. The second-order valence-electron chi connectivity index (χ2n) is 4.01. The predicted molar refractivity (Wildman–Crippen MR) is 76.3 cm³/mol. The van der Waals surface area contributed by atoms with Crippen LogP contribution in [0, 0.1) is 0 Å². The average Bonchev–Trinajstić information content (AvgIpc) is 2.34. The number of sulfone groups is 1. The Balaban J connectivity index is 2.36. The van der Waals surface area contributed by atoms with Crippen molar-refractivity contribution >= 4 is 25.8 Å². The van der Waals surface area contributed by atoms with Gasteiger partial charge < -0.3 is 10.4 Å². The predicted octanol–water partition coefficient (Wildman–Crippen LogP) is 1.51. The fourth-order valence-corrected chi connectivity index (χ4v) is 2.60. The van der Waals surface area contributed by atoms with Gasteiger partial charge in [0.1, 0.15) is 0 Å². The van der Waals surface area contributed by atoms with Gasteiger partial charge in [0.15, 0.2) is 9.84 Å². The summed E-state index contributed by atoms with van der Waals surface area (Å²) >= 11 is 3.34. The molecule has 0 radical (unpaired) electrons. The summed E-state index contributed by atoms with van der Waals surface area (Å²) in [5.74, 6) is 0.261. The van der Waals surface area contributed by atoms with E-state index in [-0.39, 0.29) is 11.5 Å². The van der Waals surface area contributed by atoms with Gasteiger partial charge >= 0.3 is 0 Å². The Kier molecular flexibility index (Phi) is 6.28. The number of hydrogen-bond donors (Lipinski definition) is 2. The van der Waals surface area contributed by atoms with E-state index < -0.39 is 15.9 Å². The van der Waals surface area contributed by atoms with Crippen LogP contribution in [0.1, 0.15) is 18.6 Å². The van der Waals surface area contributed by atoms with Gasteiger partial charge in [0.25, 0.3) is 0 Å². The molecule has 0 fully saturated rings. The molecule has 1 unspecified atom stereocenters. The van der Waals surface area contributed by atoms with Crippen molar-refractivity contribution < 1.29 is 13.5 Å². The fraction of sp³-hybridized carbons (Fsp3) is 0.500. The molecule has 0 aliphatic rings. The van der Waals surface area contributed by atoms with Gasteiger partial charge in [-0.15, -0.1) is 0 Å². The van der Waals surface area contributed by atoms with E-state index in [9.17, 15) is 13.5 Å². The minimum atomic E-state index is -2.94. The summed E-state index contributed by atoms with van der Waals surface area (Å²) in [5.41, 5.74) is 0.801. The van der Waals surface area contributed by atoms with Gasteiger partial charge in [-0.2, -0.15) is 0 Å². The smallest absolute Gasteiger partial charge is 0.151 e. The Labute approximate surface area is 116 Å². The first-order chi connectivity index (χ1) is 8.44. The zero-order chi connectivity index (χ0) is 13.6. The van der Waals surface area contributed by atoms with Gasteiger partial charge in [-0.25, -0.2) is 8.42 Å². The zero-order valence-corrected chi connectivity index (χ0v) is 12.7. The van der Waals surface area contributed by atoms with Crippen LogP contribution in [0.4, 0.5) is 0 Å². The molecule has 1 aromatic rings. The van der Waals surface area contributed by atoms with Crippen molar-refractivity contribution in [2.24, 2.45) is 0 Å². The summed E-state index contributed by atoms with van der Waals surface area (Å²) < 4.78 is 23.4. The number of halogens is 1. The van der Waals surface area contributed by atoms with E-state index in [0.717, 1.165) is 10.0 Å². The molecule has 2 N–H and O–H groups in total. The highest BCUT2D eigenvalue weighted by Gasteiger charge is 2.09. The highest BCUT2D eigenvalue weighted by Crippen LogP contribution is 2.17. The lowest BCUT2D eigenvalue weighted by Crippen LogP contribution is -2.27. The van der Waals surface area contributed by atoms with Gasteiger partial charge in [0, 0.05) is 23.3 Å². The van der Waals surface area contributed by atoms with Crippen molar-refractivity contribution in [3.05, 3.63) is 34.3 Å². The molecule has 0 heterocycles. The molecule has 1 atom stereocenters. The molecule has 0 spiro atoms. The lowest BCUT2D eigenvalue weighted by molar-refractivity contribution is 0.175. The molecule has 18 heavy (non-hydrogen) atoms. The highest BCUT2D eigenvalue weighted by atomic mass is 79.9. The van der Waals surface area contributed by atoms with E-state index in [0.29, 0.717) is 13.1 Å². The van der Waals surface area contributed by atoms with E-state index in [1.807, 2.05) is 24.3 Å². The molecule has 0 amide bonds. The van der Waals surface area contributed by atoms with E-state index in [1.54, 1.807) is 6.92 Å². The number of benzene rings is 1. The number of aliphatic hydroxyl groups excluding tert-OH is 1. The molecule has 4 nitrogen and oxygen atoms in total. The number of aliphatic hydroxyl groups is 1. The maximum absolute atomic E-state index is 11.2. The van der Waals surface area contributed by atoms with Gasteiger partial charge in [-0.1, -0.05) is 35.0 Å². The van der Waals surface area contributed by atoms with E-state index in [4.69, 9.17) is 0 Å². The summed E-state index contributed by atoms with van der Waals surface area (Å²) in [6.45, 7) is 2.34. The maximum Gasteiger partial charge on any atom is 0.151 e. The third-order valence-corrected chi connectivity index (χ3v) is 4.80. The topological polar surface area (TPSA) is 66.4 Å². The van der Waals surface area contributed by atoms with Crippen LogP contribution in [0.5, 0.6) is 0 Å². The van der Waals surface area contributed by atoms with E-state index in [1.165, 1.54) is 0 Å². The second kappa shape index (κ2) is 7.23. The second-order valence-corrected chi connectivity index (χ2v) is 7.40. The lowest BCUT2D eigenvalue weighted by Gasteiger charge is -2.12. The van der Waals surface area contributed by atoms with Crippen molar-refractivity contribution in [2.45, 2.75) is 13.0 Å². The molecule has 1 aromatic carbocycles. The average molecular weight is 336 g/mol. The van der Waals surface area contributed by atoms with Crippen LogP contribution in [-0.2, 0) is 9.84 Å². The van der Waals surface area contributed by atoms with Crippen LogP contribution in [0.2, 0.25) is 0 Å². The molecule has 0 saturated carbocycles. The molecule has 1 rings (SSSR count). The normalized spacial score (nSPS) is 13.5. The largest absolute Gasteiger partial charge is 0.387 e. The van der Waals surface area contributed by atoms with Crippen LogP contribution in [0.15, 0.2) is 28.7 Å². The first-order valence-corrected chi connectivity index (χ1v) is 8.40. The molecule has 0 aliphatic heterocycles. The Morgan fingerprint density at radius 1 is 1.44 bits per heavy atom. The maximum atomic E-state index is 11.2. The highest BCUT2D eigenvalue weighted by molar-refractivity contribution is 9.10. The Hall–Kier alpha value is -0.430. The van der Waals surface area contributed by atoms with Crippen LogP contribution < -0.4 is 5.32 Å². The third-order valence-electron chi connectivity index (χ3n) is 2.60. The molecular formula is C12H18BrNO3S. The zero-order valence-electron chi connectivity index (χ0n) is 10.3. The number of rotatable bonds is 7. The van der Waals surface area contributed by atoms with Crippen LogP contribution in [0.3, 0.4) is 0 Å². The van der Waals surface area contributed by atoms with Crippen molar-refractivity contribution in [3.8, 4) is 0 Å². The SMILES string of the molecule is CCS(=O)(=O)CCNCC(O)c1cccc(Br)c1. The van der Waals surface area contributed by atoms with Crippen molar-refractivity contribution in [1.82, 2.24) is 5.32 Å². The Bertz CT molecular complexity index is 476. The van der Waals surface area contributed by atoms with Gasteiger partial charge in [-0.3, -0.25) is 0 Å². The molecule has 0 aliphatic carbocycles. The standard InChI is InChI=1S/C12H18BrNO3S/c1-2-18(16,17)7-6-14-9-12(15)10-4-3-5-11(13)8-10/h3-5,8,12,14-15H,2,6-7,9H2,1H3. The van der Waals surface area contributed by atoms with Gasteiger partial charge in [-0.05, 0) is 17.7 Å². The van der Waals surface area contributed by atoms with Crippen molar-refractivity contribution in [1.29, 1.82) is 0 Å². The minimum absolute atomic E-state index is 0.106. The number of nitrogens with one attached hydrogen (secondary N) is 1. The summed E-state index contributed by atoms with van der Waals surface area (Å²) in [5, 5.41) is 12.8.